The Hall–Kier alpha value is -1.36. The molecule has 5 heteroatoms. The van der Waals surface area contributed by atoms with E-state index in [9.17, 15) is 4.79 Å². The molecule has 0 aliphatic rings. The molecule has 0 bridgehead atoms. The summed E-state index contributed by atoms with van der Waals surface area (Å²) in [4.78, 5) is 11.7. The molecular formula is C12H20N2O3. The normalized spacial score (nSPS) is 12.5. The van der Waals surface area contributed by atoms with Crippen molar-refractivity contribution in [3.63, 3.8) is 0 Å². The molecule has 1 heterocycles. The van der Waals surface area contributed by atoms with Gasteiger partial charge in [0, 0.05) is 18.7 Å². The second-order valence-corrected chi connectivity index (χ2v) is 4.40. The smallest absolute Gasteiger partial charge is 0.224 e. The zero-order valence-electron chi connectivity index (χ0n) is 10.6. The SMILES string of the molecule is Cc1noc(C)c1CC(=O)NCC(C)CCO. The number of hydrogen-bond acceptors (Lipinski definition) is 4. The van der Waals surface area contributed by atoms with E-state index < -0.39 is 0 Å². The van der Waals surface area contributed by atoms with Crippen molar-refractivity contribution >= 4 is 5.91 Å². The lowest BCUT2D eigenvalue weighted by Gasteiger charge is -2.10. The van der Waals surface area contributed by atoms with Gasteiger partial charge in [-0.05, 0) is 26.2 Å². The van der Waals surface area contributed by atoms with Crippen LogP contribution >= 0.6 is 0 Å². The van der Waals surface area contributed by atoms with E-state index >= 15 is 0 Å². The lowest BCUT2D eigenvalue weighted by Crippen LogP contribution is -2.30. The number of carbonyl (C=O) groups excluding carboxylic acids is 1. The number of aliphatic hydroxyl groups excluding tert-OH is 1. The second kappa shape index (κ2) is 6.39. The summed E-state index contributed by atoms with van der Waals surface area (Å²) in [5.41, 5.74) is 1.62. The van der Waals surface area contributed by atoms with Crippen LogP contribution in [0, 0.1) is 19.8 Å². The number of aromatic nitrogens is 1. The van der Waals surface area contributed by atoms with Crippen LogP contribution in [0.15, 0.2) is 4.52 Å². The van der Waals surface area contributed by atoms with Gasteiger partial charge in [0.1, 0.15) is 5.76 Å². The third kappa shape index (κ3) is 4.19. The molecule has 0 aliphatic heterocycles. The number of nitrogens with one attached hydrogen (secondary N) is 1. The summed E-state index contributed by atoms with van der Waals surface area (Å²) in [5.74, 6) is 0.943. The van der Waals surface area contributed by atoms with E-state index in [4.69, 9.17) is 9.63 Å². The topological polar surface area (TPSA) is 75.4 Å². The number of aryl methyl sites for hydroxylation is 2. The molecule has 0 spiro atoms. The van der Waals surface area contributed by atoms with E-state index in [0.29, 0.717) is 25.1 Å². The molecule has 1 rings (SSSR count). The molecule has 96 valence electrons. The van der Waals surface area contributed by atoms with Crippen LogP contribution in [-0.4, -0.2) is 29.3 Å². The quantitative estimate of drug-likeness (QED) is 0.777. The van der Waals surface area contributed by atoms with Gasteiger partial charge in [0.2, 0.25) is 5.91 Å². The number of nitrogens with zero attached hydrogens (tertiary/aromatic N) is 1. The van der Waals surface area contributed by atoms with Gasteiger partial charge in [0.15, 0.2) is 0 Å². The highest BCUT2D eigenvalue weighted by Crippen LogP contribution is 2.12. The average Bonchev–Trinajstić information content (AvgIpc) is 2.58. The second-order valence-electron chi connectivity index (χ2n) is 4.40. The molecule has 1 aromatic rings. The van der Waals surface area contributed by atoms with Crippen LogP contribution in [0.3, 0.4) is 0 Å². The molecule has 2 N–H and O–H groups in total. The van der Waals surface area contributed by atoms with Crippen LogP contribution < -0.4 is 5.32 Å². The van der Waals surface area contributed by atoms with Gasteiger partial charge in [-0.25, -0.2) is 0 Å². The standard InChI is InChI=1S/C12H20N2O3/c1-8(4-5-15)7-13-12(16)6-11-9(2)14-17-10(11)3/h8,15H,4-7H2,1-3H3,(H,13,16). The number of aliphatic hydroxyl groups is 1. The van der Waals surface area contributed by atoms with Crippen molar-refractivity contribution in [2.24, 2.45) is 5.92 Å². The predicted molar refractivity (Wildman–Crippen MR) is 63.6 cm³/mol. The van der Waals surface area contributed by atoms with E-state index in [1.807, 2.05) is 13.8 Å². The summed E-state index contributed by atoms with van der Waals surface area (Å²) in [6.07, 6.45) is 0.999. The minimum atomic E-state index is -0.0378. The van der Waals surface area contributed by atoms with E-state index in [1.54, 1.807) is 6.92 Å². The van der Waals surface area contributed by atoms with Crippen molar-refractivity contribution in [3.05, 3.63) is 17.0 Å². The Balaban J connectivity index is 2.40. The molecule has 0 aliphatic carbocycles. The first-order valence-electron chi connectivity index (χ1n) is 5.84. The van der Waals surface area contributed by atoms with Gasteiger partial charge in [0.25, 0.3) is 0 Å². The third-order valence-electron chi connectivity index (χ3n) is 2.79. The first-order valence-corrected chi connectivity index (χ1v) is 5.84. The summed E-state index contributed by atoms with van der Waals surface area (Å²) in [7, 11) is 0. The Morgan fingerprint density at radius 2 is 2.24 bits per heavy atom. The Labute approximate surface area is 101 Å². The lowest BCUT2D eigenvalue weighted by atomic mass is 10.1. The molecule has 0 saturated heterocycles. The van der Waals surface area contributed by atoms with Crippen molar-refractivity contribution < 1.29 is 14.4 Å². The number of hydrogen-bond donors (Lipinski definition) is 2. The maximum atomic E-state index is 11.7. The summed E-state index contributed by atoms with van der Waals surface area (Å²) < 4.78 is 5.00. The molecule has 0 saturated carbocycles. The van der Waals surface area contributed by atoms with Crippen molar-refractivity contribution in [3.8, 4) is 0 Å². The molecule has 1 aromatic heterocycles. The van der Waals surface area contributed by atoms with Crippen LogP contribution in [0.4, 0.5) is 0 Å². The molecule has 1 unspecified atom stereocenters. The number of amides is 1. The maximum Gasteiger partial charge on any atom is 0.224 e. The Morgan fingerprint density at radius 1 is 1.53 bits per heavy atom. The summed E-state index contributed by atoms with van der Waals surface area (Å²) in [6, 6.07) is 0. The van der Waals surface area contributed by atoms with E-state index in [0.717, 1.165) is 11.3 Å². The zero-order chi connectivity index (χ0) is 12.8. The van der Waals surface area contributed by atoms with Crippen molar-refractivity contribution in [2.75, 3.05) is 13.2 Å². The van der Waals surface area contributed by atoms with Crippen molar-refractivity contribution in [1.82, 2.24) is 10.5 Å². The highest BCUT2D eigenvalue weighted by Gasteiger charge is 2.13. The predicted octanol–water partition coefficient (Wildman–Crippen LogP) is 0.969. The number of carbonyl (C=O) groups is 1. The summed E-state index contributed by atoms with van der Waals surface area (Å²) in [6.45, 7) is 6.36. The Bertz CT molecular complexity index is 354. The lowest BCUT2D eigenvalue weighted by molar-refractivity contribution is -0.120. The fourth-order valence-corrected chi connectivity index (χ4v) is 1.59. The third-order valence-corrected chi connectivity index (χ3v) is 2.79. The zero-order valence-corrected chi connectivity index (χ0v) is 10.6. The van der Waals surface area contributed by atoms with Gasteiger partial charge >= 0.3 is 0 Å². The average molecular weight is 240 g/mol. The monoisotopic (exact) mass is 240 g/mol. The minimum Gasteiger partial charge on any atom is -0.396 e. The van der Waals surface area contributed by atoms with E-state index in [1.165, 1.54) is 0 Å². The van der Waals surface area contributed by atoms with E-state index in [2.05, 4.69) is 10.5 Å². The molecule has 5 nitrogen and oxygen atoms in total. The maximum absolute atomic E-state index is 11.7. The van der Waals surface area contributed by atoms with Crippen LogP contribution in [0.5, 0.6) is 0 Å². The largest absolute Gasteiger partial charge is 0.396 e. The van der Waals surface area contributed by atoms with Gasteiger partial charge in [0.05, 0.1) is 12.1 Å². The summed E-state index contributed by atoms with van der Waals surface area (Å²) in [5, 5.41) is 15.4. The highest BCUT2D eigenvalue weighted by atomic mass is 16.5. The van der Waals surface area contributed by atoms with E-state index in [-0.39, 0.29) is 18.4 Å². The molecular weight excluding hydrogens is 220 g/mol. The molecule has 0 aromatic carbocycles. The van der Waals surface area contributed by atoms with Crippen LogP contribution in [0.2, 0.25) is 0 Å². The van der Waals surface area contributed by atoms with Crippen molar-refractivity contribution in [1.29, 1.82) is 0 Å². The Morgan fingerprint density at radius 3 is 2.76 bits per heavy atom. The number of rotatable bonds is 6. The van der Waals surface area contributed by atoms with Crippen LogP contribution in [0.25, 0.3) is 0 Å². The Kier molecular flexibility index (Phi) is 5.15. The van der Waals surface area contributed by atoms with Gasteiger partial charge < -0.3 is 14.9 Å². The van der Waals surface area contributed by atoms with Gasteiger partial charge in [-0.2, -0.15) is 0 Å². The fourth-order valence-electron chi connectivity index (χ4n) is 1.59. The molecule has 0 fully saturated rings. The first-order chi connectivity index (χ1) is 8.04. The van der Waals surface area contributed by atoms with Crippen LogP contribution in [0.1, 0.15) is 30.4 Å². The molecule has 17 heavy (non-hydrogen) atoms. The van der Waals surface area contributed by atoms with Crippen LogP contribution in [-0.2, 0) is 11.2 Å². The summed E-state index contributed by atoms with van der Waals surface area (Å²) >= 11 is 0. The van der Waals surface area contributed by atoms with Gasteiger partial charge in [-0.1, -0.05) is 12.1 Å². The molecule has 1 amide bonds. The minimum absolute atomic E-state index is 0.0378. The highest BCUT2D eigenvalue weighted by molar-refractivity contribution is 5.78. The molecule has 1 atom stereocenters. The van der Waals surface area contributed by atoms with Gasteiger partial charge in [-0.3, -0.25) is 4.79 Å². The first kappa shape index (κ1) is 13.7. The molecule has 0 radical (unpaired) electrons. The fraction of sp³-hybridized carbons (Fsp3) is 0.667. The van der Waals surface area contributed by atoms with Gasteiger partial charge in [-0.15, -0.1) is 0 Å². The van der Waals surface area contributed by atoms with Crippen molar-refractivity contribution in [2.45, 2.75) is 33.6 Å².